The van der Waals surface area contributed by atoms with Crippen molar-refractivity contribution in [3.8, 4) is 0 Å². The van der Waals surface area contributed by atoms with Crippen LogP contribution in [0.2, 0.25) is 0 Å². The second-order valence-corrected chi connectivity index (χ2v) is 7.78. The Morgan fingerprint density at radius 1 is 0.600 bits per heavy atom. The van der Waals surface area contributed by atoms with Crippen LogP contribution in [0, 0.1) is 11.8 Å². The summed E-state index contributed by atoms with van der Waals surface area (Å²) in [7, 11) is 0. The Labute approximate surface area is 155 Å². The van der Waals surface area contributed by atoms with Gasteiger partial charge in [-0.15, -0.1) is 0 Å². The Morgan fingerprint density at radius 3 is 1.32 bits per heavy atom. The molecular formula is C21H40O4. The average molecular weight is 357 g/mol. The van der Waals surface area contributed by atoms with E-state index in [4.69, 9.17) is 9.47 Å². The van der Waals surface area contributed by atoms with Crippen LogP contribution in [0.25, 0.3) is 0 Å². The van der Waals surface area contributed by atoms with Crippen molar-refractivity contribution in [2.75, 3.05) is 13.2 Å². The van der Waals surface area contributed by atoms with Gasteiger partial charge in [0, 0.05) is 12.8 Å². The fourth-order valence-corrected chi connectivity index (χ4v) is 2.57. The Kier molecular flexibility index (Phi) is 15.7. The van der Waals surface area contributed by atoms with Crippen LogP contribution in [0.3, 0.4) is 0 Å². The molecule has 0 aromatic carbocycles. The van der Waals surface area contributed by atoms with Crippen molar-refractivity contribution in [1.29, 1.82) is 0 Å². The van der Waals surface area contributed by atoms with E-state index in [2.05, 4.69) is 27.7 Å². The number of esters is 2. The molecular weight excluding hydrogens is 316 g/mol. The lowest BCUT2D eigenvalue weighted by molar-refractivity contribution is -0.144. The van der Waals surface area contributed by atoms with Gasteiger partial charge in [-0.25, -0.2) is 0 Å². The maximum absolute atomic E-state index is 11.5. The number of hydrogen-bond acceptors (Lipinski definition) is 4. The van der Waals surface area contributed by atoms with E-state index in [1.165, 1.54) is 0 Å². The normalized spacial score (nSPS) is 11.1. The summed E-state index contributed by atoms with van der Waals surface area (Å²) in [6, 6.07) is 0. The van der Waals surface area contributed by atoms with Gasteiger partial charge in [0.15, 0.2) is 0 Å². The van der Waals surface area contributed by atoms with Gasteiger partial charge >= 0.3 is 11.9 Å². The molecule has 0 heterocycles. The van der Waals surface area contributed by atoms with Crippen molar-refractivity contribution in [1.82, 2.24) is 0 Å². The molecule has 25 heavy (non-hydrogen) atoms. The molecule has 0 aromatic heterocycles. The van der Waals surface area contributed by atoms with E-state index in [1.54, 1.807) is 0 Å². The number of carbonyl (C=O) groups is 2. The zero-order chi connectivity index (χ0) is 18.9. The van der Waals surface area contributed by atoms with Gasteiger partial charge in [0.1, 0.15) is 0 Å². The molecule has 4 nitrogen and oxygen atoms in total. The standard InChI is InChI=1S/C21H40O4/c1-18(2)12-10-16-24-20(22)14-8-6-5-7-9-15-21(23)25-17-11-13-19(3)4/h18-19H,5-17H2,1-4H3. The van der Waals surface area contributed by atoms with Crippen LogP contribution in [-0.4, -0.2) is 25.2 Å². The van der Waals surface area contributed by atoms with Crippen molar-refractivity contribution in [2.45, 2.75) is 98.3 Å². The number of rotatable bonds is 16. The molecule has 0 N–H and O–H groups in total. The lowest BCUT2D eigenvalue weighted by atomic mass is 10.1. The summed E-state index contributed by atoms with van der Waals surface area (Å²) < 4.78 is 10.4. The minimum atomic E-state index is -0.0752. The minimum absolute atomic E-state index is 0.0752. The fraction of sp³-hybridized carbons (Fsp3) is 0.905. The van der Waals surface area contributed by atoms with Crippen LogP contribution in [0.15, 0.2) is 0 Å². The monoisotopic (exact) mass is 356 g/mol. The largest absolute Gasteiger partial charge is 0.466 e. The topological polar surface area (TPSA) is 52.6 Å². The van der Waals surface area contributed by atoms with E-state index in [0.717, 1.165) is 57.8 Å². The van der Waals surface area contributed by atoms with Crippen molar-refractivity contribution in [2.24, 2.45) is 11.8 Å². The van der Waals surface area contributed by atoms with Gasteiger partial charge in [0.05, 0.1) is 13.2 Å². The number of ether oxygens (including phenoxy) is 2. The number of unbranched alkanes of at least 4 members (excludes halogenated alkanes) is 4. The lowest BCUT2D eigenvalue weighted by Crippen LogP contribution is -2.07. The smallest absolute Gasteiger partial charge is 0.305 e. The molecule has 0 aliphatic heterocycles. The molecule has 0 spiro atoms. The minimum Gasteiger partial charge on any atom is -0.466 e. The van der Waals surface area contributed by atoms with Crippen LogP contribution >= 0.6 is 0 Å². The Bertz CT molecular complexity index is 305. The Morgan fingerprint density at radius 2 is 0.960 bits per heavy atom. The molecule has 0 fully saturated rings. The molecule has 0 saturated heterocycles. The first-order chi connectivity index (χ1) is 11.9. The average Bonchev–Trinajstić information content (AvgIpc) is 2.54. The van der Waals surface area contributed by atoms with Crippen LogP contribution in [0.4, 0.5) is 0 Å². The van der Waals surface area contributed by atoms with Gasteiger partial charge in [-0.05, 0) is 50.4 Å². The Balaban J connectivity index is 3.32. The summed E-state index contributed by atoms with van der Waals surface area (Å²) in [5.41, 5.74) is 0. The molecule has 0 amide bonds. The second-order valence-electron chi connectivity index (χ2n) is 7.78. The van der Waals surface area contributed by atoms with Crippen molar-refractivity contribution in [3.63, 3.8) is 0 Å². The SMILES string of the molecule is CC(C)CCCOC(=O)CCCCCCCC(=O)OCCCC(C)C. The predicted octanol–water partition coefficient (Wildman–Crippen LogP) is 5.68. The molecule has 0 unspecified atom stereocenters. The molecule has 0 radical (unpaired) electrons. The van der Waals surface area contributed by atoms with E-state index in [9.17, 15) is 9.59 Å². The highest BCUT2D eigenvalue weighted by molar-refractivity contribution is 5.69. The molecule has 0 aromatic rings. The van der Waals surface area contributed by atoms with Gasteiger partial charge in [-0.1, -0.05) is 47.0 Å². The first-order valence-electron chi connectivity index (χ1n) is 10.2. The molecule has 0 aliphatic carbocycles. The highest BCUT2D eigenvalue weighted by Crippen LogP contribution is 2.10. The van der Waals surface area contributed by atoms with E-state index >= 15 is 0 Å². The first kappa shape index (κ1) is 23.9. The maximum atomic E-state index is 11.5. The first-order valence-corrected chi connectivity index (χ1v) is 10.2. The van der Waals surface area contributed by atoms with E-state index < -0.39 is 0 Å². The van der Waals surface area contributed by atoms with E-state index in [-0.39, 0.29) is 11.9 Å². The van der Waals surface area contributed by atoms with Gasteiger partial charge < -0.3 is 9.47 Å². The van der Waals surface area contributed by atoms with Crippen LogP contribution < -0.4 is 0 Å². The fourth-order valence-electron chi connectivity index (χ4n) is 2.57. The van der Waals surface area contributed by atoms with Gasteiger partial charge in [0.2, 0.25) is 0 Å². The molecule has 0 bridgehead atoms. The predicted molar refractivity (Wildman–Crippen MR) is 102 cm³/mol. The molecule has 148 valence electrons. The van der Waals surface area contributed by atoms with Gasteiger partial charge in [0.25, 0.3) is 0 Å². The highest BCUT2D eigenvalue weighted by Gasteiger charge is 2.05. The third-order valence-electron chi connectivity index (χ3n) is 4.14. The van der Waals surface area contributed by atoms with Crippen LogP contribution in [-0.2, 0) is 19.1 Å². The summed E-state index contributed by atoms with van der Waals surface area (Å²) in [5.74, 6) is 1.18. The van der Waals surface area contributed by atoms with E-state index in [1.807, 2.05) is 0 Å². The second kappa shape index (κ2) is 16.4. The molecule has 4 heteroatoms. The summed E-state index contributed by atoms with van der Waals surface area (Å²) in [5, 5.41) is 0. The number of carbonyl (C=O) groups excluding carboxylic acids is 2. The molecule has 0 aliphatic rings. The van der Waals surface area contributed by atoms with E-state index in [0.29, 0.717) is 37.9 Å². The van der Waals surface area contributed by atoms with Crippen molar-refractivity contribution >= 4 is 11.9 Å². The van der Waals surface area contributed by atoms with Crippen LogP contribution in [0.1, 0.15) is 98.3 Å². The molecule has 0 saturated carbocycles. The lowest BCUT2D eigenvalue weighted by Gasteiger charge is -2.07. The maximum Gasteiger partial charge on any atom is 0.305 e. The molecule has 0 atom stereocenters. The molecule has 0 rings (SSSR count). The summed E-state index contributed by atoms with van der Waals surface area (Å²) in [4.78, 5) is 23.1. The van der Waals surface area contributed by atoms with Crippen molar-refractivity contribution in [3.05, 3.63) is 0 Å². The highest BCUT2D eigenvalue weighted by atomic mass is 16.5. The third-order valence-corrected chi connectivity index (χ3v) is 4.14. The quantitative estimate of drug-likeness (QED) is 0.264. The zero-order valence-corrected chi connectivity index (χ0v) is 17.0. The van der Waals surface area contributed by atoms with Gasteiger partial charge in [-0.3, -0.25) is 9.59 Å². The summed E-state index contributed by atoms with van der Waals surface area (Å²) in [6.45, 7) is 9.80. The Hall–Kier alpha value is -1.06. The van der Waals surface area contributed by atoms with Crippen LogP contribution in [0.5, 0.6) is 0 Å². The zero-order valence-electron chi connectivity index (χ0n) is 17.0. The van der Waals surface area contributed by atoms with Gasteiger partial charge in [-0.2, -0.15) is 0 Å². The summed E-state index contributed by atoms with van der Waals surface area (Å²) >= 11 is 0. The number of hydrogen-bond donors (Lipinski definition) is 0. The van der Waals surface area contributed by atoms with Crippen molar-refractivity contribution < 1.29 is 19.1 Å². The third kappa shape index (κ3) is 19.1. The summed E-state index contributed by atoms with van der Waals surface area (Å²) in [6.07, 6.45) is 10.00.